The second kappa shape index (κ2) is 6.51. The van der Waals surface area contributed by atoms with Crippen molar-refractivity contribution < 1.29 is 13.2 Å². The molecule has 0 spiro atoms. The highest BCUT2D eigenvalue weighted by molar-refractivity contribution is 6.29. The van der Waals surface area contributed by atoms with Gasteiger partial charge in [0, 0.05) is 5.56 Å². The lowest BCUT2D eigenvalue weighted by molar-refractivity contribution is -0.137. The number of aromatic nitrogens is 1. The number of nitriles is 2. The molecule has 2 rings (SSSR count). The minimum absolute atomic E-state index is 0.0713. The summed E-state index contributed by atoms with van der Waals surface area (Å²) in [7, 11) is 0. The van der Waals surface area contributed by atoms with Gasteiger partial charge in [0.2, 0.25) is 0 Å². The van der Waals surface area contributed by atoms with Crippen molar-refractivity contribution in [1.82, 2.24) is 4.98 Å². The zero-order valence-electron chi connectivity index (χ0n) is 11.4. The first-order valence-corrected chi connectivity index (χ1v) is 6.58. The van der Waals surface area contributed by atoms with Crippen molar-refractivity contribution in [3.8, 4) is 23.4 Å². The highest BCUT2D eigenvalue weighted by Crippen LogP contribution is 2.33. The van der Waals surface area contributed by atoms with Crippen molar-refractivity contribution in [3.63, 3.8) is 0 Å². The van der Waals surface area contributed by atoms with Crippen molar-refractivity contribution in [3.05, 3.63) is 58.3 Å². The first-order valence-electron chi connectivity index (χ1n) is 6.20. The van der Waals surface area contributed by atoms with Gasteiger partial charge in [-0.15, -0.1) is 0 Å². The molecule has 0 atom stereocenters. The molecule has 0 aliphatic heterocycles. The average Bonchev–Trinajstić information content (AvgIpc) is 2.51. The minimum Gasteiger partial charge on any atom is -0.236 e. The fraction of sp³-hybridized carbons (Fsp3) is 0.0625. The van der Waals surface area contributed by atoms with Crippen LogP contribution in [0.2, 0.25) is 5.15 Å². The van der Waals surface area contributed by atoms with Crippen molar-refractivity contribution >= 4 is 17.7 Å². The van der Waals surface area contributed by atoms with Gasteiger partial charge in [-0.25, -0.2) is 4.98 Å². The maximum Gasteiger partial charge on any atom is 0.416 e. The lowest BCUT2D eigenvalue weighted by Crippen LogP contribution is -2.05. The van der Waals surface area contributed by atoms with Gasteiger partial charge in [-0.3, -0.25) is 0 Å². The first-order chi connectivity index (χ1) is 10.8. The molecule has 0 N–H and O–H groups in total. The summed E-state index contributed by atoms with van der Waals surface area (Å²) < 4.78 is 38.4. The van der Waals surface area contributed by atoms with Crippen LogP contribution in [-0.4, -0.2) is 4.98 Å². The van der Waals surface area contributed by atoms with Crippen LogP contribution in [0.15, 0.2) is 42.0 Å². The predicted molar refractivity (Wildman–Crippen MR) is 78.9 cm³/mol. The Hall–Kier alpha value is -2.83. The predicted octanol–water partition coefficient (Wildman–Crippen LogP) is 4.85. The molecular formula is C16H7ClF3N3. The maximum absolute atomic E-state index is 12.8. The number of halogens is 4. The molecule has 1 aromatic heterocycles. The Morgan fingerprint density at radius 3 is 2.22 bits per heavy atom. The number of hydrogen-bond acceptors (Lipinski definition) is 3. The molecule has 7 heteroatoms. The van der Waals surface area contributed by atoms with Crippen LogP contribution in [0.4, 0.5) is 13.2 Å². The van der Waals surface area contributed by atoms with E-state index in [9.17, 15) is 13.2 Å². The van der Waals surface area contributed by atoms with E-state index in [2.05, 4.69) is 4.98 Å². The molecule has 0 radical (unpaired) electrons. The van der Waals surface area contributed by atoms with Crippen LogP contribution in [-0.2, 0) is 6.18 Å². The molecule has 1 aromatic carbocycles. The third kappa shape index (κ3) is 4.09. The maximum atomic E-state index is 12.8. The molecule has 0 aliphatic carbocycles. The number of allylic oxidation sites excluding steroid dienone is 1. The quantitative estimate of drug-likeness (QED) is 0.583. The second-order valence-corrected chi connectivity index (χ2v) is 4.85. The Balaban J connectivity index is 2.41. The van der Waals surface area contributed by atoms with Crippen LogP contribution in [0.1, 0.15) is 11.1 Å². The Labute approximate surface area is 134 Å². The second-order valence-electron chi connectivity index (χ2n) is 4.47. The summed E-state index contributed by atoms with van der Waals surface area (Å²) in [6.07, 6.45) is -3.14. The fourth-order valence-electron chi connectivity index (χ4n) is 1.81. The van der Waals surface area contributed by atoms with E-state index in [0.717, 1.165) is 12.1 Å². The van der Waals surface area contributed by atoms with Crippen LogP contribution in [0.3, 0.4) is 0 Å². The molecule has 23 heavy (non-hydrogen) atoms. The SMILES string of the molecule is N#CC(C#N)=Cc1ccc(-c2cc(C(F)(F)F)cc(Cl)n2)cc1. The highest BCUT2D eigenvalue weighted by atomic mass is 35.5. The first kappa shape index (κ1) is 16.5. The van der Waals surface area contributed by atoms with E-state index in [1.807, 2.05) is 0 Å². The minimum atomic E-state index is -4.52. The molecule has 0 aliphatic rings. The number of pyridine rings is 1. The molecule has 0 fully saturated rings. The van der Waals surface area contributed by atoms with Crippen molar-refractivity contribution in [1.29, 1.82) is 10.5 Å². The standard InChI is InChI=1S/C16H7ClF3N3/c17-15-7-13(16(18,19)20)6-14(23-15)12-3-1-10(2-4-12)5-11(8-21)9-22/h1-7H. The monoisotopic (exact) mass is 333 g/mol. The highest BCUT2D eigenvalue weighted by Gasteiger charge is 2.31. The van der Waals surface area contributed by atoms with E-state index in [1.54, 1.807) is 24.3 Å². The Morgan fingerprint density at radius 1 is 1.09 bits per heavy atom. The zero-order chi connectivity index (χ0) is 17.0. The lowest BCUT2D eigenvalue weighted by atomic mass is 10.1. The Kier molecular flexibility index (Phi) is 4.68. The largest absolute Gasteiger partial charge is 0.416 e. The molecule has 0 bridgehead atoms. The van der Waals surface area contributed by atoms with Gasteiger partial charge in [0.05, 0.1) is 11.3 Å². The molecule has 114 valence electrons. The molecule has 0 amide bonds. The van der Waals surface area contributed by atoms with E-state index in [-0.39, 0.29) is 16.4 Å². The van der Waals surface area contributed by atoms with Gasteiger partial charge < -0.3 is 0 Å². The summed E-state index contributed by atoms with van der Waals surface area (Å²) in [6, 6.07) is 11.3. The van der Waals surface area contributed by atoms with E-state index >= 15 is 0 Å². The van der Waals surface area contributed by atoms with Crippen LogP contribution in [0, 0.1) is 22.7 Å². The third-order valence-corrected chi connectivity index (χ3v) is 3.07. The number of alkyl halides is 3. The molecule has 2 aromatic rings. The van der Waals surface area contributed by atoms with Gasteiger partial charge in [0.25, 0.3) is 0 Å². The van der Waals surface area contributed by atoms with Crippen molar-refractivity contribution in [2.75, 3.05) is 0 Å². The summed E-state index contributed by atoms with van der Waals surface area (Å²) in [6.45, 7) is 0. The summed E-state index contributed by atoms with van der Waals surface area (Å²) >= 11 is 5.65. The van der Waals surface area contributed by atoms with E-state index < -0.39 is 11.7 Å². The lowest BCUT2D eigenvalue weighted by Gasteiger charge is -2.09. The van der Waals surface area contributed by atoms with Gasteiger partial charge in [-0.1, -0.05) is 35.9 Å². The van der Waals surface area contributed by atoms with Gasteiger partial charge in [-0.2, -0.15) is 23.7 Å². The summed E-state index contributed by atoms with van der Waals surface area (Å²) in [5.74, 6) is 0. The number of nitrogens with zero attached hydrogens (tertiary/aromatic N) is 3. The Morgan fingerprint density at radius 2 is 1.70 bits per heavy atom. The molecule has 0 saturated carbocycles. The van der Waals surface area contributed by atoms with Crippen LogP contribution in [0.5, 0.6) is 0 Å². The van der Waals surface area contributed by atoms with Crippen LogP contribution in [0.25, 0.3) is 17.3 Å². The van der Waals surface area contributed by atoms with Crippen LogP contribution < -0.4 is 0 Å². The molecule has 3 nitrogen and oxygen atoms in total. The average molecular weight is 334 g/mol. The molecule has 0 unspecified atom stereocenters. The topological polar surface area (TPSA) is 60.5 Å². The van der Waals surface area contributed by atoms with Crippen molar-refractivity contribution in [2.24, 2.45) is 0 Å². The smallest absolute Gasteiger partial charge is 0.236 e. The third-order valence-electron chi connectivity index (χ3n) is 2.88. The van der Waals surface area contributed by atoms with E-state index in [1.165, 1.54) is 18.2 Å². The fourth-order valence-corrected chi connectivity index (χ4v) is 2.02. The summed E-state index contributed by atoms with van der Waals surface area (Å²) in [4.78, 5) is 3.89. The molecule has 0 saturated heterocycles. The zero-order valence-corrected chi connectivity index (χ0v) is 12.2. The number of benzene rings is 1. The van der Waals surface area contributed by atoms with Gasteiger partial charge in [-0.05, 0) is 23.8 Å². The van der Waals surface area contributed by atoms with Gasteiger partial charge in [0.15, 0.2) is 0 Å². The molecular weight excluding hydrogens is 327 g/mol. The number of rotatable bonds is 2. The molecule has 1 heterocycles. The van der Waals surface area contributed by atoms with Crippen LogP contribution >= 0.6 is 11.6 Å². The van der Waals surface area contributed by atoms with Gasteiger partial charge >= 0.3 is 6.18 Å². The Bertz CT molecular complexity index is 825. The van der Waals surface area contributed by atoms with E-state index in [0.29, 0.717) is 11.1 Å². The van der Waals surface area contributed by atoms with Gasteiger partial charge in [0.1, 0.15) is 22.9 Å². The summed E-state index contributed by atoms with van der Waals surface area (Å²) in [5.41, 5.74) is 0.141. The normalized spacial score (nSPS) is 10.5. The number of hydrogen-bond donors (Lipinski definition) is 0. The van der Waals surface area contributed by atoms with E-state index in [4.69, 9.17) is 22.1 Å². The van der Waals surface area contributed by atoms with Crippen molar-refractivity contribution in [2.45, 2.75) is 6.18 Å². The summed E-state index contributed by atoms with van der Waals surface area (Å²) in [5, 5.41) is 17.1.